The normalized spacial score (nSPS) is 9.47. The van der Waals surface area contributed by atoms with E-state index in [4.69, 9.17) is 0 Å². The maximum absolute atomic E-state index is 11.1. The molecule has 0 N–H and O–H groups in total. The van der Waals surface area contributed by atoms with Gasteiger partial charge in [0.1, 0.15) is 6.29 Å². The van der Waals surface area contributed by atoms with Gasteiger partial charge in [-0.3, -0.25) is 4.79 Å². The van der Waals surface area contributed by atoms with E-state index in [0.717, 1.165) is 11.8 Å². The zero-order valence-corrected chi connectivity index (χ0v) is 8.77. The highest BCUT2D eigenvalue weighted by atomic mass is 16.5. The van der Waals surface area contributed by atoms with Crippen molar-refractivity contribution >= 4 is 12.4 Å². The Hall–Kier alpha value is -1.84. The van der Waals surface area contributed by atoms with Gasteiger partial charge in [0.15, 0.2) is 0 Å². The van der Waals surface area contributed by atoms with Gasteiger partial charge in [0.2, 0.25) is 0 Å². The number of aldehydes is 1. The highest BCUT2D eigenvalue weighted by Crippen LogP contribution is 2.06. The van der Waals surface area contributed by atoms with E-state index in [-0.39, 0.29) is 0 Å². The lowest BCUT2D eigenvalue weighted by Gasteiger charge is -2.15. The molecule has 0 unspecified atom stereocenters. The Morgan fingerprint density at radius 2 is 2.27 bits per heavy atom. The molecule has 0 spiro atoms. The molecular weight excluding hydrogens is 194 g/mol. The van der Waals surface area contributed by atoms with Crippen molar-refractivity contribution < 1.29 is 14.3 Å². The van der Waals surface area contributed by atoms with E-state index < -0.39 is 6.09 Å². The molecule has 0 fully saturated rings. The second-order valence-electron chi connectivity index (χ2n) is 3.19. The summed E-state index contributed by atoms with van der Waals surface area (Å²) < 4.78 is 4.56. The van der Waals surface area contributed by atoms with E-state index in [9.17, 15) is 9.59 Å². The lowest BCUT2D eigenvalue weighted by Crippen LogP contribution is -2.25. The third-order valence-electron chi connectivity index (χ3n) is 1.99. The first-order chi connectivity index (χ1) is 7.17. The SMILES string of the molecule is COC(=O)N(C)Cc1cccc(C=O)c1. The van der Waals surface area contributed by atoms with Crippen molar-refractivity contribution in [1.29, 1.82) is 0 Å². The molecule has 0 heterocycles. The summed E-state index contributed by atoms with van der Waals surface area (Å²) in [5.74, 6) is 0. The van der Waals surface area contributed by atoms with Crippen LogP contribution in [0.15, 0.2) is 24.3 Å². The maximum Gasteiger partial charge on any atom is 0.409 e. The molecule has 0 saturated carbocycles. The molecule has 0 aliphatic carbocycles. The molecule has 0 atom stereocenters. The Balaban J connectivity index is 2.71. The van der Waals surface area contributed by atoms with Gasteiger partial charge in [0.25, 0.3) is 0 Å². The average molecular weight is 207 g/mol. The third kappa shape index (κ3) is 3.09. The van der Waals surface area contributed by atoms with E-state index >= 15 is 0 Å². The molecule has 1 aromatic carbocycles. The van der Waals surface area contributed by atoms with Crippen LogP contribution in [0.3, 0.4) is 0 Å². The summed E-state index contributed by atoms with van der Waals surface area (Å²) in [5, 5.41) is 0. The van der Waals surface area contributed by atoms with Crippen LogP contribution in [-0.4, -0.2) is 31.4 Å². The fourth-order valence-corrected chi connectivity index (χ4v) is 1.26. The molecule has 0 aliphatic rings. The minimum absolute atomic E-state index is 0.397. The Labute approximate surface area is 88.5 Å². The number of carbonyl (C=O) groups is 2. The number of benzene rings is 1. The molecular formula is C11H13NO3. The molecule has 1 aromatic rings. The molecule has 0 radical (unpaired) electrons. The summed E-state index contributed by atoms with van der Waals surface area (Å²) in [5.41, 5.74) is 1.50. The minimum Gasteiger partial charge on any atom is -0.453 e. The Morgan fingerprint density at radius 3 is 2.87 bits per heavy atom. The quantitative estimate of drug-likeness (QED) is 0.709. The van der Waals surface area contributed by atoms with Gasteiger partial charge >= 0.3 is 6.09 Å². The van der Waals surface area contributed by atoms with Crippen LogP contribution in [0.4, 0.5) is 4.79 Å². The fourth-order valence-electron chi connectivity index (χ4n) is 1.26. The van der Waals surface area contributed by atoms with Crippen molar-refractivity contribution in [2.24, 2.45) is 0 Å². The molecule has 0 aliphatic heterocycles. The van der Waals surface area contributed by atoms with Crippen LogP contribution in [0.25, 0.3) is 0 Å². The molecule has 1 rings (SSSR count). The van der Waals surface area contributed by atoms with Gasteiger partial charge < -0.3 is 9.64 Å². The number of amides is 1. The molecule has 15 heavy (non-hydrogen) atoms. The average Bonchev–Trinajstić information content (AvgIpc) is 2.28. The molecule has 80 valence electrons. The van der Waals surface area contributed by atoms with Crippen molar-refractivity contribution in [2.75, 3.05) is 14.2 Å². The molecule has 1 amide bonds. The largest absolute Gasteiger partial charge is 0.453 e. The van der Waals surface area contributed by atoms with Crippen molar-refractivity contribution in [2.45, 2.75) is 6.54 Å². The van der Waals surface area contributed by atoms with Crippen molar-refractivity contribution in [3.63, 3.8) is 0 Å². The number of rotatable bonds is 3. The maximum atomic E-state index is 11.1. The first kappa shape index (κ1) is 11.2. The molecule has 0 saturated heterocycles. The van der Waals surface area contributed by atoms with E-state index in [1.807, 2.05) is 6.07 Å². The number of methoxy groups -OCH3 is 1. The van der Waals surface area contributed by atoms with Gasteiger partial charge in [-0.25, -0.2) is 4.79 Å². The molecule has 4 heteroatoms. The summed E-state index contributed by atoms with van der Waals surface area (Å²) >= 11 is 0. The lowest BCUT2D eigenvalue weighted by atomic mass is 10.1. The van der Waals surface area contributed by atoms with E-state index in [0.29, 0.717) is 12.1 Å². The number of hydrogen-bond donors (Lipinski definition) is 0. The minimum atomic E-state index is -0.397. The lowest BCUT2D eigenvalue weighted by molar-refractivity contribution is 0.112. The van der Waals surface area contributed by atoms with Crippen molar-refractivity contribution in [3.8, 4) is 0 Å². The van der Waals surface area contributed by atoms with Gasteiger partial charge in [-0.1, -0.05) is 18.2 Å². The standard InChI is InChI=1S/C11H13NO3/c1-12(11(14)15-2)7-9-4-3-5-10(6-9)8-13/h3-6,8H,7H2,1-2H3. The summed E-state index contributed by atoms with van der Waals surface area (Å²) in [7, 11) is 2.97. The molecule has 0 aromatic heterocycles. The second kappa shape index (κ2) is 5.14. The van der Waals surface area contributed by atoms with Crippen molar-refractivity contribution in [1.82, 2.24) is 4.90 Å². The topological polar surface area (TPSA) is 46.6 Å². The molecule has 0 bridgehead atoms. The number of nitrogens with zero attached hydrogens (tertiary/aromatic N) is 1. The monoisotopic (exact) mass is 207 g/mol. The predicted octanol–water partition coefficient (Wildman–Crippen LogP) is 1.70. The number of carbonyl (C=O) groups excluding carboxylic acids is 2. The predicted molar refractivity (Wildman–Crippen MR) is 55.7 cm³/mol. The van der Waals surface area contributed by atoms with Crippen LogP contribution in [-0.2, 0) is 11.3 Å². The third-order valence-corrected chi connectivity index (χ3v) is 1.99. The van der Waals surface area contributed by atoms with Crippen LogP contribution in [0.1, 0.15) is 15.9 Å². The zero-order valence-electron chi connectivity index (χ0n) is 8.77. The van der Waals surface area contributed by atoms with Crippen molar-refractivity contribution in [3.05, 3.63) is 35.4 Å². The van der Waals surface area contributed by atoms with E-state index in [1.165, 1.54) is 12.0 Å². The van der Waals surface area contributed by atoms with E-state index in [1.54, 1.807) is 25.2 Å². The zero-order chi connectivity index (χ0) is 11.3. The second-order valence-corrected chi connectivity index (χ2v) is 3.19. The summed E-state index contributed by atoms with van der Waals surface area (Å²) in [6.07, 6.45) is 0.383. The van der Waals surface area contributed by atoms with Gasteiger partial charge in [-0.2, -0.15) is 0 Å². The summed E-state index contributed by atoms with van der Waals surface area (Å²) in [6.45, 7) is 0.425. The summed E-state index contributed by atoms with van der Waals surface area (Å²) in [4.78, 5) is 23.1. The first-order valence-electron chi connectivity index (χ1n) is 4.50. The Bertz CT molecular complexity index is 363. The Morgan fingerprint density at radius 1 is 1.53 bits per heavy atom. The fraction of sp³-hybridized carbons (Fsp3) is 0.273. The smallest absolute Gasteiger partial charge is 0.409 e. The number of hydrogen-bond acceptors (Lipinski definition) is 3. The van der Waals surface area contributed by atoms with Crippen LogP contribution >= 0.6 is 0 Å². The van der Waals surface area contributed by atoms with Gasteiger partial charge in [-0.05, 0) is 11.6 Å². The number of ether oxygens (including phenoxy) is 1. The first-order valence-corrected chi connectivity index (χ1v) is 4.50. The Kier molecular flexibility index (Phi) is 3.85. The summed E-state index contributed by atoms with van der Waals surface area (Å²) in [6, 6.07) is 7.09. The van der Waals surface area contributed by atoms with Crippen LogP contribution in [0.2, 0.25) is 0 Å². The highest BCUT2D eigenvalue weighted by Gasteiger charge is 2.08. The highest BCUT2D eigenvalue weighted by molar-refractivity contribution is 5.75. The van der Waals surface area contributed by atoms with Crippen LogP contribution in [0, 0.1) is 0 Å². The molecule has 4 nitrogen and oxygen atoms in total. The van der Waals surface area contributed by atoms with Gasteiger partial charge in [0, 0.05) is 19.2 Å². The van der Waals surface area contributed by atoms with Crippen LogP contribution in [0.5, 0.6) is 0 Å². The van der Waals surface area contributed by atoms with Gasteiger partial charge in [-0.15, -0.1) is 0 Å². The van der Waals surface area contributed by atoms with E-state index in [2.05, 4.69) is 4.74 Å². The van der Waals surface area contributed by atoms with Crippen LogP contribution < -0.4 is 0 Å². The van der Waals surface area contributed by atoms with Gasteiger partial charge in [0.05, 0.1) is 7.11 Å².